The Hall–Kier alpha value is -1.90. The maximum Gasteiger partial charge on any atom is 0.425 e. The summed E-state index contributed by atoms with van der Waals surface area (Å²) in [5, 5.41) is 21.8. The van der Waals surface area contributed by atoms with Crippen LogP contribution in [-0.4, -0.2) is 31.9 Å². The van der Waals surface area contributed by atoms with E-state index in [4.69, 9.17) is 4.42 Å². The highest BCUT2D eigenvalue weighted by molar-refractivity contribution is 5.17. The van der Waals surface area contributed by atoms with Gasteiger partial charge in [-0.15, -0.1) is 10.2 Å². The molecule has 2 N–H and O–H groups in total. The molecule has 98 valence electrons. The monoisotopic (exact) mass is 262 g/mol. The van der Waals surface area contributed by atoms with Crippen LogP contribution in [0.2, 0.25) is 0 Å². The first-order valence-electron chi connectivity index (χ1n) is 4.91. The van der Waals surface area contributed by atoms with Crippen molar-refractivity contribution in [3.05, 3.63) is 29.5 Å². The van der Waals surface area contributed by atoms with E-state index in [1.54, 1.807) is 0 Å². The van der Waals surface area contributed by atoms with Crippen LogP contribution in [0.1, 0.15) is 17.3 Å². The molecule has 0 aromatic carbocycles. The van der Waals surface area contributed by atoms with E-state index in [9.17, 15) is 18.3 Å². The lowest BCUT2D eigenvalue weighted by atomic mass is 9.95. The number of furan rings is 1. The Kier molecular flexibility index (Phi) is 2.85. The van der Waals surface area contributed by atoms with Crippen LogP contribution in [-0.2, 0) is 12.0 Å². The fourth-order valence-corrected chi connectivity index (χ4v) is 1.47. The summed E-state index contributed by atoms with van der Waals surface area (Å²) < 4.78 is 43.9. The van der Waals surface area contributed by atoms with E-state index in [1.165, 1.54) is 13.0 Å². The van der Waals surface area contributed by atoms with Gasteiger partial charge in [-0.2, -0.15) is 18.4 Å². The van der Waals surface area contributed by atoms with E-state index in [0.717, 1.165) is 6.07 Å². The van der Waals surface area contributed by atoms with Crippen molar-refractivity contribution in [1.29, 1.82) is 0 Å². The molecular weight excluding hydrogens is 253 g/mol. The zero-order chi connectivity index (χ0) is 13.4. The van der Waals surface area contributed by atoms with Crippen LogP contribution in [0.3, 0.4) is 0 Å². The van der Waals surface area contributed by atoms with Crippen molar-refractivity contribution in [3.63, 3.8) is 0 Å². The van der Waals surface area contributed by atoms with Crippen LogP contribution < -0.4 is 0 Å². The van der Waals surface area contributed by atoms with Crippen molar-refractivity contribution in [2.45, 2.75) is 25.1 Å². The van der Waals surface area contributed by atoms with Crippen molar-refractivity contribution in [1.82, 2.24) is 20.6 Å². The number of aryl methyl sites for hydroxylation is 1. The minimum atomic E-state index is -4.92. The number of aromatic nitrogens is 4. The predicted molar refractivity (Wildman–Crippen MR) is 51.3 cm³/mol. The van der Waals surface area contributed by atoms with Crippen molar-refractivity contribution in [2.75, 3.05) is 0 Å². The second-order valence-electron chi connectivity index (χ2n) is 3.77. The van der Waals surface area contributed by atoms with Gasteiger partial charge in [0.2, 0.25) is 5.60 Å². The number of rotatable bonds is 3. The normalized spacial score (nSPS) is 15.6. The molecule has 2 aromatic rings. The zero-order valence-corrected chi connectivity index (χ0v) is 9.19. The van der Waals surface area contributed by atoms with Gasteiger partial charge in [0.1, 0.15) is 11.5 Å². The summed E-state index contributed by atoms with van der Waals surface area (Å²) in [6.45, 7) is 1.48. The first-order chi connectivity index (χ1) is 8.33. The van der Waals surface area contributed by atoms with Gasteiger partial charge in [-0.25, -0.2) is 0 Å². The zero-order valence-electron chi connectivity index (χ0n) is 9.19. The van der Waals surface area contributed by atoms with Gasteiger partial charge in [-0.3, -0.25) is 0 Å². The number of hydrogen-bond donors (Lipinski definition) is 2. The number of alkyl halides is 3. The Morgan fingerprint density at radius 3 is 2.56 bits per heavy atom. The standard InChI is InChI=1S/C9H9F3N4O2/c1-5-2-3-6(18-5)8(17,9(10,11)12)4-7-13-15-16-14-7/h2-3,17H,4H2,1H3,(H,13,14,15,16)/t8-/m0/s1. The molecule has 0 amide bonds. The Morgan fingerprint density at radius 2 is 2.11 bits per heavy atom. The van der Waals surface area contributed by atoms with Gasteiger partial charge in [0, 0.05) is 0 Å². The maximum atomic E-state index is 13.0. The molecule has 0 fully saturated rings. The third-order valence-electron chi connectivity index (χ3n) is 2.42. The number of nitrogens with zero attached hydrogens (tertiary/aromatic N) is 3. The first kappa shape index (κ1) is 12.6. The van der Waals surface area contributed by atoms with Crippen LogP contribution >= 0.6 is 0 Å². The quantitative estimate of drug-likeness (QED) is 0.864. The molecule has 0 bridgehead atoms. The molecule has 0 saturated heterocycles. The number of halogens is 3. The highest BCUT2D eigenvalue weighted by Gasteiger charge is 2.58. The molecule has 2 rings (SSSR count). The predicted octanol–water partition coefficient (Wildman–Crippen LogP) is 1.09. The molecule has 6 nitrogen and oxygen atoms in total. The average Bonchev–Trinajstić information content (AvgIpc) is 2.87. The summed E-state index contributed by atoms with van der Waals surface area (Å²) in [5.74, 6) is -0.595. The Bertz CT molecular complexity index is 522. The highest BCUT2D eigenvalue weighted by Crippen LogP contribution is 2.41. The van der Waals surface area contributed by atoms with Gasteiger partial charge in [-0.1, -0.05) is 5.21 Å². The van der Waals surface area contributed by atoms with Crippen molar-refractivity contribution in [3.8, 4) is 0 Å². The van der Waals surface area contributed by atoms with Crippen LogP contribution in [0.15, 0.2) is 16.5 Å². The summed E-state index contributed by atoms with van der Waals surface area (Å²) in [5.41, 5.74) is -3.18. The molecule has 2 aromatic heterocycles. The lowest BCUT2D eigenvalue weighted by Crippen LogP contribution is -2.44. The molecule has 9 heteroatoms. The fourth-order valence-electron chi connectivity index (χ4n) is 1.47. The Labute approximate surface area is 98.8 Å². The average molecular weight is 262 g/mol. The molecule has 0 radical (unpaired) electrons. The Morgan fingerprint density at radius 1 is 1.39 bits per heavy atom. The van der Waals surface area contributed by atoms with Gasteiger partial charge in [0.25, 0.3) is 0 Å². The molecular formula is C9H9F3N4O2. The number of hydrogen-bond acceptors (Lipinski definition) is 5. The van der Waals surface area contributed by atoms with Crippen LogP contribution in [0.4, 0.5) is 13.2 Å². The smallest absolute Gasteiger partial charge is 0.425 e. The van der Waals surface area contributed by atoms with Crippen molar-refractivity contribution < 1.29 is 22.7 Å². The van der Waals surface area contributed by atoms with Crippen LogP contribution in [0.25, 0.3) is 0 Å². The van der Waals surface area contributed by atoms with Crippen LogP contribution in [0, 0.1) is 6.92 Å². The van der Waals surface area contributed by atoms with E-state index in [2.05, 4.69) is 15.4 Å². The number of tetrazole rings is 1. The van der Waals surface area contributed by atoms with E-state index in [-0.39, 0.29) is 11.6 Å². The maximum absolute atomic E-state index is 13.0. The molecule has 0 aliphatic rings. The van der Waals surface area contributed by atoms with E-state index in [1.807, 2.05) is 5.21 Å². The number of H-pyrrole nitrogens is 1. The second-order valence-corrected chi connectivity index (χ2v) is 3.77. The minimum Gasteiger partial charge on any atom is -0.463 e. The summed E-state index contributed by atoms with van der Waals surface area (Å²) in [7, 11) is 0. The highest BCUT2D eigenvalue weighted by atomic mass is 19.4. The SMILES string of the molecule is Cc1ccc([C@@](O)(Cc2nn[nH]n2)C(F)(F)F)o1. The number of nitrogens with one attached hydrogen (secondary N) is 1. The summed E-state index contributed by atoms with van der Waals surface area (Å²) >= 11 is 0. The summed E-state index contributed by atoms with van der Waals surface area (Å²) in [6.07, 6.45) is -5.79. The third-order valence-corrected chi connectivity index (χ3v) is 2.42. The molecule has 1 atom stereocenters. The lowest BCUT2D eigenvalue weighted by Gasteiger charge is -2.27. The van der Waals surface area contributed by atoms with E-state index >= 15 is 0 Å². The molecule has 0 spiro atoms. The molecule has 0 aliphatic carbocycles. The van der Waals surface area contributed by atoms with Gasteiger partial charge < -0.3 is 9.52 Å². The van der Waals surface area contributed by atoms with E-state index < -0.39 is 24.0 Å². The lowest BCUT2D eigenvalue weighted by molar-refractivity contribution is -0.272. The first-order valence-corrected chi connectivity index (χ1v) is 4.91. The molecule has 0 unspecified atom stereocenters. The summed E-state index contributed by atoms with van der Waals surface area (Å²) in [4.78, 5) is 0. The van der Waals surface area contributed by atoms with Crippen LogP contribution in [0.5, 0.6) is 0 Å². The van der Waals surface area contributed by atoms with Gasteiger partial charge in [0.05, 0.1) is 6.42 Å². The number of aliphatic hydroxyl groups is 1. The second kappa shape index (κ2) is 4.09. The molecule has 2 heterocycles. The van der Waals surface area contributed by atoms with E-state index in [0.29, 0.717) is 0 Å². The number of aromatic amines is 1. The van der Waals surface area contributed by atoms with Gasteiger partial charge in [-0.05, 0) is 19.1 Å². The Balaban J connectivity index is 2.41. The summed E-state index contributed by atoms with van der Waals surface area (Å²) in [6, 6.07) is 2.41. The largest absolute Gasteiger partial charge is 0.463 e. The minimum absolute atomic E-state index is 0.260. The topological polar surface area (TPSA) is 87.8 Å². The van der Waals surface area contributed by atoms with Crippen molar-refractivity contribution in [2.24, 2.45) is 0 Å². The third kappa shape index (κ3) is 2.08. The van der Waals surface area contributed by atoms with Gasteiger partial charge in [0.15, 0.2) is 5.82 Å². The molecule has 0 saturated carbocycles. The molecule has 0 aliphatic heterocycles. The van der Waals surface area contributed by atoms with Crippen molar-refractivity contribution >= 4 is 0 Å². The molecule has 18 heavy (non-hydrogen) atoms. The van der Waals surface area contributed by atoms with Gasteiger partial charge >= 0.3 is 6.18 Å². The fraction of sp³-hybridized carbons (Fsp3) is 0.444.